The molecule has 2 aliphatic carbocycles. The maximum absolute atomic E-state index is 14.0. The zero-order valence-electron chi connectivity index (χ0n) is 26.1. The number of urea groups is 1. The van der Waals surface area contributed by atoms with Gasteiger partial charge in [-0.05, 0) is 61.8 Å². The van der Waals surface area contributed by atoms with Crippen LogP contribution in [-0.4, -0.2) is 31.2 Å². The number of hydrogen-bond donors (Lipinski definition) is 3. The summed E-state index contributed by atoms with van der Waals surface area (Å²) in [4.78, 5) is 55.0. The Morgan fingerprint density at radius 2 is 1.43 bits per heavy atom. The molecule has 6 rings (SSSR count). The maximum Gasteiger partial charge on any atom is 0.349 e. The minimum Gasteiger partial charge on any atom is -0.381 e. The van der Waals surface area contributed by atoms with Crippen LogP contribution in [0.4, 0.5) is 36.6 Å². The molecule has 2 aromatic carbocycles. The fraction of sp³-hybridized carbons (Fsp3) is 0.281. The fourth-order valence-corrected chi connectivity index (χ4v) is 4.23. The number of nitrogens with zero attached hydrogens (tertiary/aromatic N) is 6. The van der Waals surface area contributed by atoms with E-state index in [1.165, 1.54) is 22.1 Å². The smallest absolute Gasteiger partial charge is 0.349 e. The van der Waals surface area contributed by atoms with Crippen molar-refractivity contribution in [3.05, 3.63) is 104 Å². The van der Waals surface area contributed by atoms with Crippen LogP contribution >= 0.6 is 23.2 Å². The number of benzene rings is 2. The minimum atomic E-state index is -0.764. The summed E-state index contributed by atoms with van der Waals surface area (Å²) in [7, 11) is 0. The number of halogens is 4. The highest BCUT2D eigenvalue weighted by atomic mass is 35.5. The van der Waals surface area contributed by atoms with Gasteiger partial charge in [-0.1, -0.05) is 47.5 Å². The third kappa shape index (κ3) is 13.0. The first-order valence-electron chi connectivity index (χ1n) is 14.7. The van der Waals surface area contributed by atoms with E-state index in [1.54, 1.807) is 54.6 Å². The Morgan fingerprint density at radius 3 is 1.96 bits per heavy atom. The van der Waals surface area contributed by atoms with Gasteiger partial charge in [0.15, 0.2) is 23.3 Å². The van der Waals surface area contributed by atoms with Crippen molar-refractivity contribution in [3.63, 3.8) is 0 Å². The molecule has 2 aliphatic rings. The Labute approximate surface area is 289 Å². The van der Waals surface area contributed by atoms with Crippen LogP contribution in [0.2, 0.25) is 10.0 Å². The number of hydrogen-bond acceptors (Lipinski definition) is 9. The van der Waals surface area contributed by atoms with Gasteiger partial charge in [0.25, 0.3) is 0 Å². The number of para-hydroxylation sites is 2. The van der Waals surface area contributed by atoms with Crippen molar-refractivity contribution in [3.8, 4) is 6.07 Å². The second kappa shape index (κ2) is 18.8. The lowest BCUT2D eigenvalue weighted by molar-refractivity contribution is 0.262. The minimum absolute atomic E-state index is 0.322. The number of isocyanates is 1. The second-order valence-corrected chi connectivity index (χ2v) is 11.4. The van der Waals surface area contributed by atoms with E-state index >= 15 is 0 Å². The number of nitriles is 1. The Morgan fingerprint density at radius 1 is 0.918 bits per heavy atom. The Kier molecular flexibility index (Phi) is 14.6. The van der Waals surface area contributed by atoms with Crippen LogP contribution in [0, 0.1) is 34.8 Å². The van der Waals surface area contributed by atoms with Gasteiger partial charge < -0.3 is 11.1 Å². The summed E-state index contributed by atoms with van der Waals surface area (Å²) in [6, 6.07) is 14.5. The van der Waals surface area contributed by atoms with Gasteiger partial charge in [0.2, 0.25) is 6.08 Å². The number of carbonyl (C=O) groups is 1. The zero-order chi connectivity index (χ0) is 35.9. The third-order valence-corrected chi connectivity index (χ3v) is 7.25. The van der Waals surface area contributed by atoms with E-state index in [2.05, 4.69) is 25.6 Å². The summed E-state index contributed by atoms with van der Waals surface area (Å²) in [5.74, 6) is -1.19. The van der Waals surface area contributed by atoms with Crippen LogP contribution in [-0.2, 0) is 17.9 Å². The normalized spacial score (nSPS) is 12.6. The number of anilines is 3. The number of aromatic nitrogens is 4. The zero-order valence-corrected chi connectivity index (χ0v) is 27.6. The molecule has 256 valence electrons. The Hall–Kier alpha value is -5.42. The largest absolute Gasteiger partial charge is 0.381 e. The lowest BCUT2D eigenvalue weighted by atomic mass is 10.3. The molecule has 0 saturated heterocycles. The first kappa shape index (κ1) is 38.0. The molecular formula is C32H31Cl2F2N9O4. The summed E-state index contributed by atoms with van der Waals surface area (Å²) in [5, 5.41) is 12.8. The molecule has 0 aliphatic heterocycles. The highest BCUT2D eigenvalue weighted by molar-refractivity contribution is 6.33. The quantitative estimate of drug-likeness (QED) is 0.147. The molecule has 0 atom stereocenters. The summed E-state index contributed by atoms with van der Waals surface area (Å²) < 4.78 is 29.4. The van der Waals surface area contributed by atoms with Crippen molar-refractivity contribution in [2.24, 2.45) is 16.8 Å². The molecule has 13 nitrogen and oxygen atoms in total. The van der Waals surface area contributed by atoms with E-state index in [-0.39, 0.29) is 5.82 Å². The fourth-order valence-electron chi connectivity index (χ4n) is 3.87. The molecule has 2 heterocycles. The summed E-state index contributed by atoms with van der Waals surface area (Å²) in [5.41, 5.74) is 4.91. The molecule has 4 aromatic rings. The van der Waals surface area contributed by atoms with Gasteiger partial charge in [-0.15, -0.1) is 0 Å². The number of nitrogens with one attached hydrogen (secondary N) is 2. The van der Waals surface area contributed by atoms with E-state index in [0.717, 1.165) is 38.1 Å². The molecule has 49 heavy (non-hydrogen) atoms. The van der Waals surface area contributed by atoms with Gasteiger partial charge >= 0.3 is 17.4 Å². The number of aliphatic imine (C=N–C) groups is 1. The van der Waals surface area contributed by atoms with Crippen molar-refractivity contribution in [1.29, 1.82) is 5.26 Å². The average Bonchev–Trinajstić information content (AvgIpc) is 4.00. The van der Waals surface area contributed by atoms with Gasteiger partial charge in [-0.3, -0.25) is 14.5 Å². The molecule has 2 saturated carbocycles. The summed E-state index contributed by atoms with van der Waals surface area (Å²) in [6.45, 7) is 2.44. The SMILES string of the molecule is CC#N.Nc1nc(=O)n(CC2CC2)cc1F.O=C(Nc1ccccc1Cl)Nc1nc(=O)n(CC2CC2)cc1F.O=C=Nc1ccccc1Cl. The first-order valence-corrected chi connectivity index (χ1v) is 15.5. The van der Waals surface area contributed by atoms with Crippen molar-refractivity contribution < 1.29 is 18.4 Å². The molecule has 0 spiro atoms. The molecule has 0 radical (unpaired) electrons. The predicted octanol–water partition coefficient (Wildman–Crippen LogP) is 6.30. The van der Waals surface area contributed by atoms with Crippen LogP contribution in [0.1, 0.15) is 32.6 Å². The number of nitrogen functional groups attached to an aromatic ring is 1. The monoisotopic (exact) mass is 713 g/mol. The second-order valence-electron chi connectivity index (χ2n) is 10.6. The van der Waals surface area contributed by atoms with Crippen LogP contribution < -0.4 is 27.7 Å². The number of amides is 2. The predicted molar refractivity (Wildman–Crippen MR) is 181 cm³/mol. The molecule has 0 bridgehead atoms. The van der Waals surface area contributed by atoms with Crippen molar-refractivity contribution in [1.82, 2.24) is 19.1 Å². The van der Waals surface area contributed by atoms with E-state index in [9.17, 15) is 28.0 Å². The van der Waals surface area contributed by atoms with Gasteiger partial charge in [0.05, 0.1) is 27.5 Å². The third-order valence-electron chi connectivity index (χ3n) is 6.60. The van der Waals surface area contributed by atoms with Crippen LogP contribution in [0.15, 0.2) is 75.5 Å². The Bertz CT molecular complexity index is 1970. The highest BCUT2D eigenvalue weighted by Gasteiger charge is 2.24. The molecule has 4 N–H and O–H groups in total. The van der Waals surface area contributed by atoms with Gasteiger partial charge in [0, 0.05) is 32.4 Å². The Balaban J connectivity index is 0.000000210. The summed E-state index contributed by atoms with van der Waals surface area (Å²) >= 11 is 11.5. The number of carbonyl (C=O) groups excluding carboxylic acids is 2. The summed E-state index contributed by atoms with van der Waals surface area (Å²) in [6.07, 6.45) is 7.90. The number of nitrogens with two attached hydrogens (primary N) is 1. The molecule has 2 amide bonds. The van der Waals surface area contributed by atoms with Crippen LogP contribution in [0.3, 0.4) is 0 Å². The molecule has 2 aromatic heterocycles. The number of rotatable bonds is 7. The maximum atomic E-state index is 14.0. The average molecular weight is 715 g/mol. The van der Waals surface area contributed by atoms with Crippen molar-refractivity contribution in [2.75, 3.05) is 16.4 Å². The van der Waals surface area contributed by atoms with Crippen molar-refractivity contribution in [2.45, 2.75) is 45.7 Å². The van der Waals surface area contributed by atoms with E-state index < -0.39 is 34.9 Å². The van der Waals surface area contributed by atoms with E-state index in [0.29, 0.717) is 46.3 Å². The van der Waals surface area contributed by atoms with Gasteiger partial charge in [-0.2, -0.15) is 20.2 Å². The molecule has 0 unspecified atom stereocenters. The lowest BCUT2D eigenvalue weighted by Crippen LogP contribution is -2.28. The van der Waals surface area contributed by atoms with Crippen LogP contribution in [0.5, 0.6) is 0 Å². The van der Waals surface area contributed by atoms with E-state index in [4.69, 9.17) is 34.2 Å². The van der Waals surface area contributed by atoms with E-state index in [1.807, 2.05) is 0 Å². The van der Waals surface area contributed by atoms with Gasteiger partial charge in [0.1, 0.15) is 0 Å². The topological polar surface area (TPSA) is 190 Å². The van der Waals surface area contributed by atoms with Crippen molar-refractivity contribution >= 4 is 58.3 Å². The molecular weight excluding hydrogens is 683 g/mol. The van der Waals surface area contributed by atoms with Gasteiger partial charge in [-0.25, -0.2) is 28.0 Å². The van der Waals surface area contributed by atoms with Crippen LogP contribution in [0.25, 0.3) is 0 Å². The standard InChI is InChI=1S/C15H14ClFN4O2.C8H10FN3O.C7H4ClNO.C2H3N/c16-10-3-1-2-4-12(10)18-14(22)19-13-11(17)8-21(15(23)20-13)7-9-5-6-9;9-6-4-12(3-5-1-2-5)8(13)11-7(6)10;8-6-3-1-2-4-7(6)9-5-10;1-2-3/h1-4,8-9H,5-7H2,(H2,18,19,20,22,23);4-5H,1-3H2,(H2,10,11,13);1-4H;1H3. The lowest BCUT2D eigenvalue weighted by Gasteiger charge is -2.10. The first-order chi connectivity index (χ1) is 23.4. The molecule has 17 heteroatoms. The molecule has 2 fully saturated rings. The highest BCUT2D eigenvalue weighted by Crippen LogP contribution is 2.31.